The largest absolute Gasteiger partial charge is 0.286 e. The summed E-state index contributed by atoms with van der Waals surface area (Å²) in [5.41, 5.74) is 0. The van der Waals surface area contributed by atoms with E-state index in [0.717, 1.165) is 24.0 Å². The van der Waals surface area contributed by atoms with Gasteiger partial charge in [0.25, 0.3) is 0 Å². The molecule has 2 nitrogen and oxygen atoms in total. The average molecular weight is 250 g/mol. The van der Waals surface area contributed by atoms with Crippen LogP contribution in [0.15, 0.2) is 0 Å². The van der Waals surface area contributed by atoms with Crippen molar-refractivity contribution in [1.82, 2.24) is 9.80 Å². The normalized spacial score (nSPS) is 40.0. The zero-order chi connectivity index (χ0) is 12.5. The van der Waals surface area contributed by atoms with Gasteiger partial charge >= 0.3 is 0 Å². The maximum absolute atomic E-state index is 2.86. The van der Waals surface area contributed by atoms with E-state index in [1.54, 1.807) is 0 Å². The summed E-state index contributed by atoms with van der Waals surface area (Å²) in [5, 5.41) is 0. The third kappa shape index (κ3) is 2.46. The molecule has 0 aromatic heterocycles. The fraction of sp³-hybridized carbons (Fsp3) is 1.00. The van der Waals surface area contributed by atoms with Crippen LogP contribution < -0.4 is 0 Å². The van der Waals surface area contributed by atoms with E-state index in [1.165, 1.54) is 64.6 Å². The fourth-order valence-electron chi connectivity index (χ4n) is 4.65. The van der Waals surface area contributed by atoms with E-state index < -0.39 is 0 Å². The summed E-state index contributed by atoms with van der Waals surface area (Å²) in [6, 6.07) is 0.789. The molecule has 0 aromatic carbocycles. The lowest BCUT2D eigenvalue weighted by Crippen LogP contribution is -2.49. The topological polar surface area (TPSA) is 6.48 Å². The highest BCUT2D eigenvalue weighted by atomic mass is 15.4. The lowest BCUT2D eigenvalue weighted by atomic mass is 9.88. The van der Waals surface area contributed by atoms with E-state index in [2.05, 4.69) is 23.6 Å². The van der Waals surface area contributed by atoms with Crippen molar-refractivity contribution in [3.05, 3.63) is 0 Å². The van der Waals surface area contributed by atoms with Crippen LogP contribution in [0.3, 0.4) is 0 Å². The molecule has 3 unspecified atom stereocenters. The highest BCUT2D eigenvalue weighted by Gasteiger charge is 2.42. The molecule has 0 amide bonds. The SMILES string of the molecule is CC1CCCN2CC(C)N(CC3CCCCC3)C12. The van der Waals surface area contributed by atoms with E-state index >= 15 is 0 Å². The highest BCUT2D eigenvalue weighted by molar-refractivity contribution is 4.93. The molecule has 2 heterocycles. The molecular weight excluding hydrogens is 220 g/mol. The second-order valence-electron chi connectivity index (χ2n) is 7.08. The Labute approximate surface area is 113 Å². The third-order valence-corrected chi connectivity index (χ3v) is 5.59. The summed E-state index contributed by atoms with van der Waals surface area (Å²) in [5.74, 6) is 1.88. The van der Waals surface area contributed by atoms with Gasteiger partial charge in [0, 0.05) is 19.1 Å². The molecule has 0 aromatic rings. The molecule has 1 saturated carbocycles. The minimum atomic E-state index is 0.774. The van der Waals surface area contributed by atoms with Gasteiger partial charge < -0.3 is 0 Å². The van der Waals surface area contributed by atoms with Crippen LogP contribution in [0.1, 0.15) is 58.8 Å². The molecular formula is C16H30N2. The fourth-order valence-corrected chi connectivity index (χ4v) is 4.65. The third-order valence-electron chi connectivity index (χ3n) is 5.59. The Morgan fingerprint density at radius 1 is 0.944 bits per heavy atom. The Kier molecular flexibility index (Phi) is 3.95. The first-order valence-electron chi connectivity index (χ1n) is 8.25. The summed E-state index contributed by atoms with van der Waals surface area (Å²) >= 11 is 0. The Hall–Kier alpha value is -0.0800. The maximum atomic E-state index is 2.86. The number of rotatable bonds is 2. The van der Waals surface area contributed by atoms with Gasteiger partial charge in [0.15, 0.2) is 0 Å². The Morgan fingerprint density at radius 2 is 1.72 bits per heavy atom. The maximum Gasteiger partial charge on any atom is 0.0652 e. The van der Waals surface area contributed by atoms with Crippen LogP contribution in [0, 0.1) is 11.8 Å². The molecule has 3 rings (SSSR count). The molecule has 0 radical (unpaired) electrons. The molecule has 0 N–H and O–H groups in total. The molecule has 3 aliphatic rings. The van der Waals surface area contributed by atoms with Crippen molar-refractivity contribution in [3.63, 3.8) is 0 Å². The van der Waals surface area contributed by atoms with Gasteiger partial charge in [-0.15, -0.1) is 0 Å². The number of piperidine rings is 1. The quantitative estimate of drug-likeness (QED) is 0.742. The Morgan fingerprint density at radius 3 is 2.50 bits per heavy atom. The molecule has 3 fully saturated rings. The smallest absolute Gasteiger partial charge is 0.0652 e. The van der Waals surface area contributed by atoms with Crippen LogP contribution in [0.2, 0.25) is 0 Å². The van der Waals surface area contributed by atoms with Gasteiger partial charge in [-0.05, 0) is 51.0 Å². The second-order valence-corrected chi connectivity index (χ2v) is 7.08. The lowest BCUT2D eigenvalue weighted by Gasteiger charge is -2.41. The van der Waals surface area contributed by atoms with Crippen LogP contribution in [0.5, 0.6) is 0 Å². The molecule has 2 aliphatic heterocycles. The van der Waals surface area contributed by atoms with Crippen molar-refractivity contribution in [2.45, 2.75) is 71.0 Å². The minimum absolute atomic E-state index is 0.774. The molecule has 1 aliphatic carbocycles. The van der Waals surface area contributed by atoms with Crippen LogP contribution in [-0.4, -0.2) is 41.6 Å². The Bertz CT molecular complexity index is 272. The first-order chi connectivity index (χ1) is 8.75. The molecule has 2 heteroatoms. The van der Waals surface area contributed by atoms with Crippen molar-refractivity contribution in [3.8, 4) is 0 Å². The van der Waals surface area contributed by atoms with Crippen molar-refractivity contribution < 1.29 is 0 Å². The predicted octanol–water partition coefficient (Wildman–Crippen LogP) is 3.33. The summed E-state index contributed by atoms with van der Waals surface area (Å²) in [6.45, 7) is 8.98. The zero-order valence-electron chi connectivity index (χ0n) is 12.3. The van der Waals surface area contributed by atoms with Crippen LogP contribution in [0.4, 0.5) is 0 Å². The van der Waals surface area contributed by atoms with Crippen molar-refractivity contribution in [2.24, 2.45) is 11.8 Å². The monoisotopic (exact) mass is 250 g/mol. The first-order valence-corrected chi connectivity index (χ1v) is 8.25. The highest BCUT2D eigenvalue weighted by Crippen LogP contribution is 2.35. The van der Waals surface area contributed by atoms with Crippen LogP contribution in [-0.2, 0) is 0 Å². The summed E-state index contributed by atoms with van der Waals surface area (Å²) < 4.78 is 0. The zero-order valence-corrected chi connectivity index (χ0v) is 12.3. The van der Waals surface area contributed by atoms with Crippen molar-refractivity contribution in [2.75, 3.05) is 19.6 Å². The Balaban J connectivity index is 1.65. The van der Waals surface area contributed by atoms with Crippen LogP contribution in [0.25, 0.3) is 0 Å². The van der Waals surface area contributed by atoms with Crippen LogP contribution >= 0.6 is 0 Å². The van der Waals surface area contributed by atoms with Gasteiger partial charge in [-0.2, -0.15) is 0 Å². The van der Waals surface area contributed by atoms with E-state index in [4.69, 9.17) is 0 Å². The average Bonchev–Trinajstić information content (AvgIpc) is 2.69. The van der Waals surface area contributed by atoms with Gasteiger partial charge in [-0.3, -0.25) is 9.80 Å². The number of hydrogen-bond acceptors (Lipinski definition) is 2. The second kappa shape index (κ2) is 5.50. The molecule has 0 spiro atoms. The standard InChI is InChI=1S/C16H30N2/c1-13-7-6-10-17-11-14(2)18(16(13)17)12-15-8-4-3-5-9-15/h13-16H,3-12H2,1-2H3. The summed E-state index contributed by atoms with van der Waals surface area (Å²) in [4.78, 5) is 5.63. The van der Waals surface area contributed by atoms with E-state index in [9.17, 15) is 0 Å². The molecule has 2 saturated heterocycles. The number of hydrogen-bond donors (Lipinski definition) is 0. The summed E-state index contributed by atoms with van der Waals surface area (Å²) in [7, 11) is 0. The molecule has 3 atom stereocenters. The summed E-state index contributed by atoms with van der Waals surface area (Å²) in [6.07, 6.45) is 11.1. The van der Waals surface area contributed by atoms with Gasteiger partial charge in [0.2, 0.25) is 0 Å². The van der Waals surface area contributed by atoms with Crippen molar-refractivity contribution in [1.29, 1.82) is 0 Å². The molecule has 0 bridgehead atoms. The van der Waals surface area contributed by atoms with Gasteiger partial charge in [0.05, 0.1) is 6.17 Å². The number of nitrogens with zero attached hydrogens (tertiary/aromatic N) is 2. The molecule has 104 valence electrons. The van der Waals surface area contributed by atoms with Gasteiger partial charge in [-0.1, -0.05) is 26.2 Å². The van der Waals surface area contributed by atoms with Gasteiger partial charge in [-0.25, -0.2) is 0 Å². The van der Waals surface area contributed by atoms with E-state index in [1.807, 2.05) is 0 Å². The van der Waals surface area contributed by atoms with E-state index in [-0.39, 0.29) is 0 Å². The molecule has 18 heavy (non-hydrogen) atoms. The van der Waals surface area contributed by atoms with Crippen molar-refractivity contribution >= 4 is 0 Å². The first kappa shape index (κ1) is 12.9. The lowest BCUT2D eigenvalue weighted by molar-refractivity contribution is 0.0307. The minimum Gasteiger partial charge on any atom is -0.286 e. The van der Waals surface area contributed by atoms with E-state index in [0.29, 0.717) is 0 Å². The number of fused-ring (bicyclic) bond motifs is 1. The van der Waals surface area contributed by atoms with Gasteiger partial charge in [0.1, 0.15) is 0 Å². The predicted molar refractivity (Wildman–Crippen MR) is 76.5 cm³/mol.